The highest BCUT2D eigenvalue weighted by Gasteiger charge is 2.20. The molecule has 2 atom stereocenters. The summed E-state index contributed by atoms with van der Waals surface area (Å²) >= 11 is 0. The molecule has 0 radical (unpaired) electrons. The van der Waals surface area contributed by atoms with Crippen LogP contribution in [-0.2, 0) is 4.79 Å². The van der Waals surface area contributed by atoms with E-state index in [1.54, 1.807) is 0 Å². The van der Waals surface area contributed by atoms with Gasteiger partial charge in [0, 0.05) is 17.8 Å². The Kier molecular flexibility index (Phi) is 3.22. The maximum absolute atomic E-state index is 10.4. The lowest BCUT2D eigenvalue weighted by Gasteiger charge is -2.29. The standard InChI is InChI=1S/C13H17NO3/c1-8-5-9(2)14-12-6-10(3-4-11(8)12)17-7-13(15)16/h3-4,6,8-9,14H,5,7H2,1-2H3,(H,15,16)/t8-,9+/m0/s1. The highest BCUT2D eigenvalue weighted by Crippen LogP contribution is 2.35. The fourth-order valence-electron chi connectivity index (χ4n) is 2.31. The highest BCUT2D eigenvalue weighted by atomic mass is 16.5. The molecule has 0 saturated heterocycles. The van der Waals surface area contributed by atoms with E-state index in [9.17, 15) is 4.79 Å². The van der Waals surface area contributed by atoms with Crippen LogP contribution in [0.5, 0.6) is 5.75 Å². The molecule has 2 rings (SSSR count). The quantitative estimate of drug-likeness (QED) is 0.845. The molecule has 0 bridgehead atoms. The van der Waals surface area contributed by atoms with Crippen LogP contribution in [0.25, 0.3) is 0 Å². The second-order valence-electron chi connectivity index (χ2n) is 4.61. The van der Waals surface area contributed by atoms with Crippen molar-refractivity contribution in [3.63, 3.8) is 0 Å². The minimum absolute atomic E-state index is 0.302. The topological polar surface area (TPSA) is 58.6 Å². The molecule has 92 valence electrons. The Balaban J connectivity index is 2.18. The molecule has 0 unspecified atom stereocenters. The smallest absolute Gasteiger partial charge is 0.341 e. The Bertz CT molecular complexity index is 431. The van der Waals surface area contributed by atoms with Crippen LogP contribution < -0.4 is 10.1 Å². The molecule has 4 nitrogen and oxygen atoms in total. The third-order valence-electron chi connectivity index (χ3n) is 3.03. The molecule has 1 aliphatic heterocycles. The second-order valence-corrected chi connectivity index (χ2v) is 4.61. The number of nitrogens with one attached hydrogen (secondary N) is 1. The molecule has 1 aromatic carbocycles. The van der Waals surface area contributed by atoms with Crippen molar-refractivity contribution in [2.24, 2.45) is 0 Å². The Labute approximate surface area is 101 Å². The summed E-state index contributed by atoms with van der Waals surface area (Å²) in [6.45, 7) is 4.04. The zero-order valence-corrected chi connectivity index (χ0v) is 10.1. The monoisotopic (exact) mass is 235 g/mol. The number of ether oxygens (including phenoxy) is 1. The van der Waals surface area contributed by atoms with Gasteiger partial charge in [-0.1, -0.05) is 13.0 Å². The lowest BCUT2D eigenvalue weighted by Crippen LogP contribution is -2.24. The number of rotatable bonds is 3. The van der Waals surface area contributed by atoms with Crippen LogP contribution in [0.1, 0.15) is 31.7 Å². The van der Waals surface area contributed by atoms with Crippen LogP contribution in [0, 0.1) is 0 Å². The van der Waals surface area contributed by atoms with Crippen molar-refractivity contribution in [2.45, 2.75) is 32.2 Å². The fourth-order valence-corrected chi connectivity index (χ4v) is 2.31. The van der Waals surface area contributed by atoms with E-state index in [2.05, 4.69) is 19.2 Å². The molecule has 1 heterocycles. The van der Waals surface area contributed by atoms with Gasteiger partial charge in [-0.2, -0.15) is 0 Å². The summed E-state index contributed by atoms with van der Waals surface area (Å²) in [6.07, 6.45) is 1.11. The molecule has 17 heavy (non-hydrogen) atoms. The minimum atomic E-state index is -0.961. The van der Waals surface area contributed by atoms with E-state index in [1.807, 2.05) is 18.2 Å². The average Bonchev–Trinajstić information content (AvgIpc) is 2.25. The Morgan fingerprint density at radius 1 is 1.53 bits per heavy atom. The predicted molar refractivity (Wildman–Crippen MR) is 65.7 cm³/mol. The van der Waals surface area contributed by atoms with E-state index < -0.39 is 5.97 Å². The Morgan fingerprint density at radius 2 is 2.29 bits per heavy atom. The number of anilines is 1. The average molecular weight is 235 g/mol. The van der Waals surface area contributed by atoms with Gasteiger partial charge in [0.25, 0.3) is 0 Å². The van der Waals surface area contributed by atoms with Gasteiger partial charge in [0.15, 0.2) is 6.61 Å². The zero-order chi connectivity index (χ0) is 12.4. The van der Waals surface area contributed by atoms with Gasteiger partial charge in [-0.3, -0.25) is 0 Å². The van der Waals surface area contributed by atoms with Crippen molar-refractivity contribution in [1.29, 1.82) is 0 Å². The molecular formula is C13H17NO3. The van der Waals surface area contributed by atoms with Crippen molar-refractivity contribution in [1.82, 2.24) is 0 Å². The van der Waals surface area contributed by atoms with Gasteiger partial charge in [0.1, 0.15) is 5.75 Å². The van der Waals surface area contributed by atoms with Crippen LogP contribution in [0.3, 0.4) is 0 Å². The molecule has 0 aromatic heterocycles. The van der Waals surface area contributed by atoms with Crippen molar-refractivity contribution >= 4 is 11.7 Å². The van der Waals surface area contributed by atoms with E-state index in [0.717, 1.165) is 12.1 Å². The summed E-state index contributed by atoms with van der Waals surface area (Å²) in [6, 6.07) is 6.16. The molecule has 0 amide bonds. The number of fused-ring (bicyclic) bond motifs is 1. The number of benzene rings is 1. The largest absolute Gasteiger partial charge is 0.482 e. The van der Waals surface area contributed by atoms with Crippen LogP contribution in [0.2, 0.25) is 0 Å². The van der Waals surface area contributed by atoms with Gasteiger partial charge in [0.2, 0.25) is 0 Å². The van der Waals surface area contributed by atoms with Crippen molar-refractivity contribution in [3.8, 4) is 5.75 Å². The first-order chi connectivity index (χ1) is 8.06. The maximum atomic E-state index is 10.4. The third-order valence-corrected chi connectivity index (χ3v) is 3.03. The van der Waals surface area contributed by atoms with Crippen LogP contribution >= 0.6 is 0 Å². The molecule has 4 heteroatoms. The van der Waals surface area contributed by atoms with Gasteiger partial charge in [-0.25, -0.2) is 4.79 Å². The minimum Gasteiger partial charge on any atom is -0.482 e. The van der Waals surface area contributed by atoms with Crippen LogP contribution in [-0.4, -0.2) is 23.7 Å². The fraction of sp³-hybridized carbons (Fsp3) is 0.462. The maximum Gasteiger partial charge on any atom is 0.341 e. The van der Waals surface area contributed by atoms with Gasteiger partial charge in [0.05, 0.1) is 0 Å². The van der Waals surface area contributed by atoms with E-state index in [1.165, 1.54) is 5.56 Å². The summed E-state index contributed by atoms with van der Waals surface area (Å²) in [5, 5.41) is 11.9. The SMILES string of the molecule is C[C@@H]1C[C@H](C)c2ccc(OCC(=O)O)cc2N1. The van der Waals surface area contributed by atoms with Crippen molar-refractivity contribution in [3.05, 3.63) is 23.8 Å². The van der Waals surface area contributed by atoms with E-state index >= 15 is 0 Å². The van der Waals surface area contributed by atoms with E-state index in [-0.39, 0.29) is 6.61 Å². The molecule has 0 spiro atoms. The lowest BCUT2D eigenvalue weighted by molar-refractivity contribution is -0.139. The number of carboxylic acids is 1. The van der Waals surface area contributed by atoms with Crippen molar-refractivity contribution < 1.29 is 14.6 Å². The highest BCUT2D eigenvalue weighted by molar-refractivity contribution is 5.68. The Morgan fingerprint density at radius 3 is 3.00 bits per heavy atom. The molecule has 0 saturated carbocycles. The summed E-state index contributed by atoms with van der Waals surface area (Å²) < 4.78 is 5.16. The van der Waals surface area contributed by atoms with Gasteiger partial charge in [-0.05, 0) is 30.9 Å². The van der Waals surface area contributed by atoms with E-state index in [0.29, 0.717) is 17.7 Å². The van der Waals surface area contributed by atoms with Crippen molar-refractivity contribution in [2.75, 3.05) is 11.9 Å². The number of carboxylic acid groups (broad SMARTS) is 1. The van der Waals surface area contributed by atoms with Crippen LogP contribution in [0.15, 0.2) is 18.2 Å². The lowest BCUT2D eigenvalue weighted by atomic mass is 9.89. The predicted octanol–water partition coefficient (Wildman–Crippen LogP) is 2.46. The molecule has 1 aliphatic rings. The number of aliphatic carboxylic acids is 1. The first kappa shape index (κ1) is 11.8. The number of hydrogen-bond donors (Lipinski definition) is 2. The first-order valence-electron chi connectivity index (χ1n) is 5.81. The first-order valence-corrected chi connectivity index (χ1v) is 5.81. The summed E-state index contributed by atoms with van der Waals surface area (Å²) in [5.74, 6) is 0.159. The molecule has 2 N–H and O–H groups in total. The molecule has 0 fully saturated rings. The normalized spacial score (nSPS) is 22.5. The van der Waals surface area contributed by atoms with Crippen LogP contribution in [0.4, 0.5) is 5.69 Å². The molecular weight excluding hydrogens is 218 g/mol. The summed E-state index contributed by atoms with van der Waals surface area (Å²) in [4.78, 5) is 10.4. The number of hydrogen-bond acceptors (Lipinski definition) is 3. The van der Waals surface area contributed by atoms with Gasteiger partial charge < -0.3 is 15.2 Å². The van der Waals surface area contributed by atoms with Gasteiger partial charge in [-0.15, -0.1) is 0 Å². The third kappa shape index (κ3) is 2.70. The molecule has 1 aromatic rings. The second kappa shape index (κ2) is 4.65. The Hall–Kier alpha value is -1.71. The van der Waals surface area contributed by atoms with Gasteiger partial charge >= 0.3 is 5.97 Å². The summed E-state index contributed by atoms with van der Waals surface area (Å²) in [7, 11) is 0. The zero-order valence-electron chi connectivity index (χ0n) is 10.1. The summed E-state index contributed by atoms with van der Waals surface area (Å²) in [5.41, 5.74) is 2.32. The van der Waals surface area contributed by atoms with E-state index in [4.69, 9.17) is 9.84 Å². The number of carbonyl (C=O) groups is 1. The molecule has 0 aliphatic carbocycles.